The molecule has 82 valence electrons. The van der Waals surface area contributed by atoms with Crippen LogP contribution in [0.15, 0.2) is 24.5 Å². The summed E-state index contributed by atoms with van der Waals surface area (Å²) in [5, 5.41) is 3.37. The minimum Gasteiger partial charge on any atom is -0.489 e. The summed E-state index contributed by atoms with van der Waals surface area (Å²) in [4.78, 5) is 4.05. The van der Waals surface area contributed by atoms with Crippen molar-refractivity contribution in [3.8, 4) is 5.75 Å². The summed E-state index contributed by atoms with van der Waals surface area (Å²) >= 11 is 0. The van der Waals surface area contributed by atoms with Crippen LogP contribution in [-0.4, -0.2) is 24.2 Å². The lowest BCUT2D eigenvalue weighted by Gasteiger charge is -2.28. The van der Waals surface area contributed by atoms with Crippen molar-refractivity contribution in [3.63, 3.8) is 0 Å². The number of hydrogen-bond acceptors (Lipinski definition) is 3. The van der Waals surface area contributed by atoms with E-state index in [4.69, 9.17) is 4.74 Å². The van der Waals surface area contributed by atoms with Gasteiger partial charge in [0.25, 0.3) is 0 Å². The molecule has 1 aromatic heterocycles. The van der Waals surface area contributed by atoms with E-state index in [0.717, 1.165) is 18.8 Å². The second-order valence-electron chi connectivity index (χ2n) is 4.10. The maximum Gasteiger partial charge on any atom is 0.137 e. The molecule has 1 fully saturated rings. The number of hydrogen-bond donors (Lipinski definition) is 1. The van der Waals surface area contributed by atoms with E-state index in [1.165, 1.54) is 12.8 Å². The highest BCUT2D eigenvalue weighted by Crippen LogP contribution is 2.20. The quantitative estimate of drug-likeness (QED) is 0.819. The van der Waals surface area contributed by atoms with Gasteiger partial charge in [-0.25, -0.2) is 0 Å². The molecular formula is C12H18N2O. The Bertz CT molecular complexity index is 283. The van der Waals surface area contributed by atoms with Gasteiger partial charge in [0.2, 0.25) is 0 Å². The molecule has 3 nitrogen and oxygen atoms in total. The molecule has 1 unspecified atom stereocenters. The molecule has 15 heavy (non-hydrogen) atoms. The SMILES string of the molecule is CC(Oc1cccnc1)C1CCNCC1. The summed E-state index contributed by atoms with van der Waals surface area (Å²) in [6.45, 7) is 4.39. The van der Waals surface area contributed by atoms with Crippen molar-refractivity contribution in [2.24, 2.45) is 5.92 Å². The van der Waals surface area contributed by atoms with Crippen LogP contribution in [0, 0.1) is 5.92 Å². The number of ether oxygens (including phenoxy) is 1. The maximum atomic E-state index is 5.86. The molecule has 3 heteroatoms. The smallest absolute Gasteiger partial charge is 0.137 e. The minimum atomic E-state index is 0.288. The van der Waals surface area contributed by atoms with Crippen molar-refractivity contribution in [3.05, 3.63) is 24.5 Å². The normalized spacial score (nSPS) is 19.8. The topological polar surface area (TPSA) is 34.1 Å². The first-order valence-corrected chi connectivity index (χ1v) is 5.63. The third kappa shape index (κ3) is 2.93. The lowest BCUT2D eigenvalue weighted by Crippen LogP contribution is -2.35. The number of rotatable bonds is 3. The van der Waals surface area contributed by atoms with E-state index in [-0.39, 0.29) is 6.10 Å². The number of nitrogens with one attached hydrogen (secondary N) is 1. The lowest BCUT2D eigenvalue weighted by atomic mass is 9.93. The Morgan fingerprint density at radius 3 is 2.93 bits per heavy atom. The fraction of sp³-hybridized carbons (Fsp3) is 0.583. The van der Waals surface area contributed by atoms with Crippen LogP contribution in [0.1, 0.15) is 19.8 Å². The van der Waals surface area contributed by atoms with Crippen LogP contribution in [0.2, 0.25) is 0 Å². The Balaban J connectivity index is 1.88. The molecule has 0 amide bonds. The maximum absolute atomic E-state index is 5.86. The summed E-state index contributed by atoms with van der Waals surface area (Å²) in [6.07, 6.45) is 6.25. The second kappa shape index (κ2) is 5.12. The molecule has 0 bridgehead atoms. The molecule has 0 radical (unpaired) electrons. The van der Waals surface area contributed by atoms with Crippen LogP contribution in [0.3, 0.4) is 0 Å². The highest BCUT2D eigenvalue weighted by atomic mass is 16.5. The summed E-state index contributed by atoms with van der Waals surface area (Å²) in [5.74, 6) is 1.55. The van der Waals surface area contributed by atoms with Crippen molar-refractivity contribution < 1.29 is 4.74 Å². The van der Waals surface area contributed by atoms with Gasteiger partial charge in [0.1, 0.15) is 5.75 Å². The predicted molar refractivity (Wildman–Crippen MR) is 59.9 cm³/mol. The minimum absolute atomic E-state index is 0.288. The molecule has 0 spiro atoms. The van der Waals surface area contributed by atoms with E-state index in [1.807, 2.05) is 12.1 Å². The van der Waals surface area contributed by atoms with Crippen LogP contribution in [0.4, 0.5) is 0 Å². The molecular weight excluding hydrogens is 188 g/mol. The molecule has 2 heterocycles. The van der Waals surface area contributed by atoms with Crippen molar-refractivity contribution in [2.75, 3.05) is 13.1 Å². The number of piperidine rings is 1. The molecule has 0 aromatic carbocycles. The van der Waals surface area contributed by atoms with Crippen LogP contribution in [-0.2, 0) is 0 Å². The Morgan fingerprint density at radius 2 is 2.27 bits per heavy atom. The zero-order chi connectivity index (χ0) is 10.5. The van der Waals surface area contributed by atoms with E-state index in [1.54, 1.807) is 12.4 Å². The largest absolute Gasteiger partial charge is 0.489 e. The second-order valence-corrected chi connectivity index (χ2v) is 4.10. The lowest BCUT2D eigenvalue weighted by molar-refractivity contribution is 0.127. The fourth-order valence-electron chi connectivity index (χ4n) is 2.04. The summed E-state index contributed by atoms with van der Waals surface area (Å²) in [7, 11) is 0. The first-order valence-electron chi connectivity index (χ1n) is 5.63. The molecule has 2 rings (SSSR count). The highest BCUT2D eigenvalue weighted by Gasteiger charge is 2.20. The van der Waals surface area contributed by atoms with Crippen LogP contribution < -0.4 is 10.1 Å². The number of nitrogens with zero attached hydrogens (tertiary/aromatic N) is 1. The van der Waals surface area contributed by atoms with Gasteiger partial charge in [-0.05, 0) is 50.9 Å². The van der Waals surface area contributed by atoms with Crippen molar-refractivity contribution in [1.82, 2.24) is 10.3 Å². The van der Waals surface area contributed by atoms with Gasteiger partial charge >= 0.3 is 0 Å². The van der Waals surface area contributed by atoms with E-state index < -0.39 is 0 Å². The van der Waals surface area contributed by atoms with Gasteiger partial charge in [0.15, 0.2) is 0 Å². The first kappa shape index (κ1) is 10.4. The third-order valence-electron chi connectivity index (χ3n) is 3.00. The zero-order valence-corrected chi connectivity index (χ0v) is 9.15. The standard InChI is InChI=1S/C12H18N2O/c1-10(11-4-7-13-8-5-11)15-12-3-2-6-14-9-12/h2-3,6,9-11,13H,4-5,7-8H2,1H3. The summed E-state index contributed by atoms with van der Waals surface area (Å²) in [5.41, 5.74) is 0. The fourth-order valence-corrected chi connectivity index (χ4v) is 2.04. The summed E-state index contributed by atoms with van der Waals surface area (Å²) in [6, 6.07) is 3.87. The average Bonchev–Trinajstić information content (AvgIpc) is 2.31. The highest BCUT2D eigenvalue weighted by molar-refractivity contribution is 5.15. The van der Waals surface area contributed by atoms with Gasteiger partial charge in [-0.3, -0.25) is 4.98 Å². The third-order valence-corrected chi connectivity index (χ3v) is 3.00. The van der Waals surface area contributed by atoms with Gasteiger partial charge in [0.05, 0.1) is 12.3 Å². The van der Waals surface area contributed by atoms with Crippen molar-refractivity contribution >= 4 is 0 Å². The zero-order valence-electron chi connectivity index (χ0n) is 9.15. The average molecular weight is 206 g/mol. The van der Waals surface area contributed by atoms with E-state index in [0.29, 0.717) is 5.92 Å². The predicted octanol–water partition coefficient (Wildman–Crippen LogP) is 1.85. The Hall–Kier alpha value is -1.09. The van der Waals surface area contributed by atoms with Crippen LogP contribution >= 0.6 is 0 Å². The molecule has 1 aliphatic heterocycles. The Labute approximate surface area is 90.9 Å². The van der Waals surface area contributed by atoms with Crippen molar-refractivity contribution in [2.45, 2.75) is 25.9 Å². The summed E-state index contributed by atoms with van der Waals surface area (Å²) < 4.78 is 5.86. The molecule has 1 saturated heterocycles. The number of aromatic nitrogens is 1. The molecule has 1 aliphatic rings. The van der Waals surface area contributed by atoms with E-state index in [2.05, 4.69) is 17.2 Å². The van der Waals surface area contributed by atoms with Gasteiger partial charge in [-0.15, -0.1) is 0 Å². The molecule has 1 atom stereocenters. The van der Waals surface area contributed by atoms with Gasteiger partial charge in [-0.2, -0.15) is 0 Å². The van der Waals surface area contributed by atoms with Crippen LogP contribution in [0.5, 0.6) is 5.75 Å². The monoisotopic (exact) mass is 206 g/mol. The van der Waals surface area contributed by atoms with E-state index in [9.17, 15) is 0 Å². The van der Waals surface area contributed by atoms with Gasteiger partial charge in [0, 0.05) is 6.20 Å². The van der Waals surface area contributed by atoms with Crippen LogP contribution in [0.25, 0.3) is 0 Å². The van der Waals surface area contributed by atoms with E-state index >= 15 is 0 Å². The molecule has 0 saturated carbocycles. The number of pyridine rings is 1. The van der Waals surface area contributed by atoms with Gasteiger partial charge in [-0.1, -0.05) is 0 Å². The first-order chi connectivity index (χ1) is 7.36. The Morgan fingerprint density at radius 1 is 1.47 bits per heavy atom. The Kier molecular flexibility index (Phi) is 3.56. The molecule has 1 N–H and O–H groups in total. The van der Waals surface area contributed by atoms with Crippen molar-refractivity contribution in [1.29, 1.82) is 0 Å². The molecule has 1 aromatic rings. The van der Waals surface area contributed by atoms with Gasteiger partial charge < -0.3 is 10.1 Å². The molecule has 0 aliphatic carbocycles.